The van der Waals surface area contributed by atoms with E-state index in [-0.39, 0.29) is 11.3 Å². The van der Waals surface area contributed by atoms with Crippen LogP contribution in [-0.4, -0.2) is 17.4 Å². The van der Waals surface area contributed by atoms with E-state index >= 15 is 0 Å². The van der Waals surface area contributed by atoms with Gasteiger partial charge >= 0.3 is 0 Å². The zero-order valence-electron chi connectivity index (χ0n) is 11.3. The molecule has 0 saturated carbocycles. The topological polar surface area (TPSA) is 46.3 Å². The zero-order chi connectivity index (χ0) is 13.2. The highest BCUT2D eigenvalue weighted by Gasteiger charge is 2.27. The number of anilines is 1. The molecule has 0 atom stereocenters. The molecule has 1 amide bonds. The van der Waals surface area contributed by atoms with E-state index in [0.717, 1.165) is 30.6 Å². The van der Waals surface area contributed by atoms with Crippen LogP contribution in [0.5, 0.6) is 0 Å². The predicted octanol–water partition coefficient (Wildman–Crippen LogP) is 2.81. The summed E-state index contributed by atoms with van der Waals surface area (Å²) in [5.41, 5.74) is 8.03. The van der Waals surface area contributed by atoms with E-state index in [1.165, 1.54) is 0 Å². The van der Waals surface area contributed by atoms with Crippen LogP contribution in [0.1, 0.15) is 38.7 Å². The molecule has 1 heterocycles. The number of benzene rings is 1. The van der Waals surface area contributed by atoms with E-state index in [9.17, 15) is 4.79 Å². The summed E-state index contributed by atoms with van der Waals surface area (Å²) >= 11 is 0. The summed E-state index contributed by atoms with van der Waals surface area (Å²) in [5.74, 6) is 0.254. The molecule has 1 aliphatic heterocycles. The third-order valence-corrected chi connectivity index (χ3v) is 3.84. The molecule has 2 N–H and O–H groups in total. The number of hydrogen-bond donors (Lipinski definition) is 1. The number of hydrogen-bond acceptors (Lipinski definition) is 2. The van der Waals surface area contributed by atoms with Gasteiger partial charge in [0.05, 0.1) is 0 Å². The van der Waals surface area contributed by atoms with E-state index in [1.54, 1.807) is 0 Å². The van der Waals surface area contributed by atoms with E-state index in [1.807, 2.05) is 29.2 Å². The highest BCUT2D eigenvalue weighted by Crippen LogP contribution is 2.31. The lowest BCUT2D eigenvalue weighted by atomic mass is 9.85. The standard InChI is InChI=1S/C15H22N2O/c1-15(2)8-7-14(18)17(10-9-15)11-12-5-3-4-6-13(12)16/h3-6H,7-11,16H2,1-2H3. The van der Waals surface area contributed by atoms with Gasteiger partial charge in [-0.05, 0) is 29.9 Å². The number of amides is 1. The van der Waals surface area contributed by atoms with Crippen LogP contribution in [0.15, 0.2) is 24.3 Å². The van der Waals surface area contributed by atoms with Crippen molar-refractivity contribution in [2.75, 3.05) is 12.3 Å². The molecule has 18 heavy (non-hydrogen) atoms. The first-order valence-corrected chi connectivity index (χ1v) is 6.59. The Labute approximate surface area is 109 Å². The zero-order valence-corrected chi connectivity index (χ0v) is 11.3. The van der Waals surface area contributed by atoms with Gasteiger partial charge in [0.15, 0.2) is 0 Å². The Morgan fingerprint density at radius 3 is 2.72 bits per heavy atom. The number of nitrogens with zero attached hydrogens (tertiary/aromatic N) is 1. The van der Waals surface area contributed by atoms with Gasteiger partial charge in [-0.3, -0.25) is 4.79 Å². The molecule has 0 aliphatic carbocycles. The van der Waals surface area contributed by atoms with Crippen LogP contribution in [0, 0.1) is 5.41 Å². The van der Waals surface area contributed by atoms with Crippen molar-refractivity contribution < 1.29 is 4.79 Å². The second kappa shape index (κ2) is 5.01. The summed E-state index contributed by atoms with van der Waals surface area (Å²) in [6.45, 7) is 5.95. The lowest BCUT2D eigenvalue weighted by Crippen LogP contribution is -2.30. The summed E-state index contributed by atoms with van der Waals surface area (Å²) in [6, 6.07) is 7.78. The molecule has 1 aliphatic rings. The molecule has 98 valence electrons. The number of likely N-dealkylation sites (tertiary alicyclic amines) is 1. The van der Waals surface area contributed by atoms with E-state index in [4.69, 9.17) is 5.73 Å². The molecular weight excluding hydrogens is 224 g/mol. The average Bonchev–Trinajstić information content (AvgIpc) is 2.45. The number of carbonyl (C=O) groups excluding carboxylic acids is 1. The van der Waals surface area contributed by atoms with Crippen molar-refractivity contribution in [1.82, 2.24) is 4.90 Å². The summed E-state index contributed by atoms with van der Waals surface area (Å²) in [5, 5.41) is 0. The van der Waals surface area contributed by atoms with Crippen molar-refractivity contribution in [2.24, 2.45) is 5.41 Å². The number of rotatable bonds is 2. The van der Waals surface area contributed by atoms with Crippen molar-refractivity contribution in [2.45, 2.75) is 39.7 Å². The van der Waals surface area contributed by atoms with E-state index in [2.05, 4.69) is 13.8 Å². The van der Waals surface area contributed by atoms with Gasteiger partial charge in [-0.25, -0.2) is 0 Å². The third kappa shape index (κ3) is 3.03. The van der Waals surface area contributed by atoms with Crippen LogP contribution in [0.2, 0.25) is 0 Å². The van der Waals surface area contributed by atoms with Gasteiger partial charge in [0, 0.05) is 25.2 Å². The van der Waals surface area contributed by atoms with Gasteiger partial charge in [-0.15, -0.1) is 0 Å². The van der Waals surface area contributed by atoms with Gasteiger partial charge in [0.2, 0.25) is 5.91 Å². The molecule has 1 fully saturated rings. The molecule has 1 saturated heterocycles. The molecule has 3 nitrogen and oxygen atoms in total. The first-order valence-electron chi connectivity index (χ1n) is 6.59. The molecular formula is C15H22N2O. The second-order valence-corrected chi connectivity index (χ2v) is 5.93. The Morgan fingerprint density at radius 1 is 1.28 bits per heavy atom. The third-order valence-electron chi connectivity index (χ3n) is 3.84. The first kappa shape index (κ1) is 12.9. The van der Waals surface area contributed by atoms with E-state index < -0.39 is 0 Å². The molecule has 1 aromatic rings. The number of para-hydroxylation sites is 1. The van der Waals surface area contributed by atoms with Crippen molar-refractivity contribution in [1.29, 1.82) is 0 Å². The molecule has 1 aromatic carbocycles. The fourth-order valence-corrected chi connectivity index (χ4v) is 2.34. The number of nitrogens with two attached hydrogens (primary N) is 1. The Morgan fingerprint density at radius 2 is 2.00 bits per heavy atom. The minimum atomic E-state index is 0.254. The van der Waals surface area contributed by atoms with E-state index in [0.29, 0.717) is 13.0 Å². The van der Waals surface area contributed by atoms with Gasteiger partial charge < -0.3 is 10.6 Å². The van der Waals surface area contributed by atoms with Crippen LogP contribution in [0.4, 0.5) is 5.69 Å². The minimum Gasteiger partial charge on any atom is -0.398 e. The Balaban J connectivity index is 2.09. The lowest BCUT2D eigenvalue weighted by molar-refractivity contribution is -0.131. The van der Waals surface area contributed by atoms with Crippen LogP contribution in [-0.2, 0) is 11.3 Å². The SMILES string of the molecule is CC1(C)CCC(=O)N(Cc2ccccc2N)CC1. The van der Waals surface area contributed by atoms with Gasteiger partial charge in [0.25, 0.3) is 0 Å². The maximum atomic E-state index is 12.1. The smallest absolute Gasteiger partial charge is 0.222 e. The molecule has 0 bridgehead atoms. The Hall–Kier alpha value is -1.51. The van der Waals surface area contributed by atoms with Crippen molar-refractivity contribution >= 4 is 11.6 Å². The Kier molecular flexibility index (Phi) is 3.60. The molecule has 0 unspecified atom stereocenters. The summed E-state index contributed by atoms with van der Waals surface area (Å²) in [7, 11) is 0. The van der Waals surface area contributed by atoms with Crippen molar-refractivity contribution in [3.8, 4) is 0 Å². The number of carbonyl (C=O) groups is 1. The predicted molar refractivity (Wildman–Crippen MR) is 73.9 cm³/mol. The highest BCUT2D eigenvalue weighted by molar-refractivity contribution is 5.76. The largest absolute Gasteiger partial charge is 0.398 e. The molecule has 3 heteroatoms. The molecule has 0 radical (unpaired) electrons. The fraction of sp³-hybridized carbons (Fsp3) is 0.533. The fourth-order valence-electron chi connectivity index (χ4n) is 2.34. The summed E-state index contributed by atoms with van der Waals surface area (Å²) in [6.07, 6.45) is 2.69. The quantitative estimate of drug-likeness (QED) is 0.816. The van der Waals surface area contributed by atoms with Crippen LogP contribution >= 0.6 is 0 Å². The Bertz CT molecular complexity index is 440. The van der Waals surface area contributed by atoms with Gasteiger partial charge in [-0.2, -0.15) is 0 Å². The van der Waals surface area contributed by atoms with Crippen molar-refractivity contribution in [3.05, 3.63) is 29.8 Å². The maximum absolute atomic E-state index is 12.1. The maximum Gasteiger partial charge on any atom is 0.222 e. The monoisotopic (exact) mass is 246 g/mol. The lowest BCUT2D eigenvalue weighted by Gasteiger charge is -2.24. The van der Waals surface area contributed by atoms with Gasteiger partial charge in [0.1, 0.15) is 0 Å². The van der Waals surface area contributed by atoms with Crippen LogP contribution in [0.3, 0.4) is 0 Å². The summed E-state index contributed by atoms with van der Waals surface area (Å²) < 4.78 is 0. The molecule has 0 spiro atoms. The highest BCUT2D eigenvalue weighted by atomic mass is 16.2. The first-order chi connectivity index (χ1) is 8.48. The number of nitrogen functional groups attached to an aromatic ring is 1. The summed E-state index contributed by atoms with van der Waals surface area (Å²) in [4.78, 5) is 14.0. The molecule has 0 aromatic heterocycles. The minimum absolute atomic E-state index is 0.254. The van der Waals surface area contributed by atoms with Crippen LogP contribution < -0.4 is 5.73 Å². The second-order valence-electron chi connectivity index (χ2n) is 5.93. The van der Waals surface area contributed by atoms with Crippen molar-refractivity contribution in [3.63, 3.8) is 0 Å². The van der Waals surface area contributed by atoms with Crippen LogP contribution in [0.25, 0.3) is 0 Å². The van der Waals surface area contributed by atoms with Gasteiger partial charge in [-0.1, -0.05) is 32.0 Å². The normalized spacial score (nSPS) is 19.7. The average molecular weight is 246 g/mol. The molecule has 2 rings (SSSR count).